The Hall–Kier alpha value is -3.75. The molecule has 9 nitrogen and oxygen atoms in total. The van der Waals surface area contributed by atoms with Crippen LogP contribution in [0.5, 0.6) is 0 Å². The molecular formula is C21H22N8O. The zero-order chi connectivity index (χ0) is 20.9. The summed E-state index contributed by atoms with van der Waals surface area (Å²) in [7, 11) is 1.86. The summed E-state index contributed by atoms with van der Waals surface area (Å²) in [6.07, 6.45) is 6.66. The minimum atomic E-state index is -0.0708. The quantitative estimate of drug-likeness (QED) is 0.545. The maximum absolute atomic E-state index is 12.1. The maximum atomic E-state index is 12.1. The van der Waals surface area contributed by atoms with Crippen molar-refractivity contribution in [2.24, 2.45) is 7.05 Å². The van der Waals surface area contributed by atoms with E-state index in [4.69, 9.17) is 0 Å². The molecule has 0 bridgehead atoms. The Morgan fingerprint density at radius 2 is 2.10 bits per heavy atom. The van der Waals surface area contributed by atoms with Crippen molar-refractivity contribution >= 4 is 28.9 Å². The first-order valence-electron chi connectivity index (χ1n) is 9.81. The van der Waals surface area contributed by atoms with Gasteiger partial charge in [-0.15, -0.1) is 5.10 Å². The SMILES string of the molecule is Cn1cc(-c2nccc3nc(Nc4ccc5c(c4)NC(=O)CCC5(C)C)nn23)cn1. The van der Waals surface area contributed by atoms with Crippen molar-refractivity contribution in [3.63, 3.8) is 0 Å². The third-order valence-electron chi connectivity index (χ3n) is 5.47. The monoisotopic (exact) mass is 402 g/mol. The Bertz CT molecular complexity index is 1270. The number of fused-ring (bicyclic) bond motifs is 2. The molecule has 2 N–H and O–H groups in total. The first-order valence-corrected chi connectivity index (χ1v) is 9.81. The van der Waals surface area contributed by atoms with Crippen LogP contribution in [-0.2, 0) is 17.3 Å². The number of rotatable bonds is 3. The van der Waals surface area contributed by atoms with E-state index in [1.807, 2.05) is 25.4 Å². The zero-order valence-electron chi connectivity index (χ0n) is 17.0. The Balaban J connectivity index is 1.50. The fourth-order valence-electron chi connectivity index (χ4n) is 3.82. The molecule has 152 valence electrons. The number of nitrogens with one attached hydrogen (secondary N) is 2. The number of carbonyl (C=O) groups is 1. The van der Waals surface area contributed by atoms with Crippen molar-refractivity contribution in [1.29, 1.82) is 0 Å². The van der Waals surface area contributed by atoms with Crippen LogP contribution in [0.15, 0.2) is 42.9 Å². The van der Waals surface area contributed by atoms with E-state index in [0.29, 0.717) is 23.8 Å². The Labute approximate surface area is 173 Å². The molecule has 1 aliphatic heterocycles. The first-order chi connectivity index (χ1) is 14.4. The average Bonchev–Trinajstić information content (AvgIpc) is 3.29. The summed E-state index contributed by atoms with van der Waals surface area (Å²) in [5.41, 5.74) is 4.22. The van der Waals surface area contributed by atoms with Gasteiger partial charge in [-0.3, -0.25) is 9.48 Å². The van der Waals surface area contributed by atoms with Crippen molar-refractivity contribution < 1.29 is 4.79 Å². The van der Waals surface area contributed by atoms with Crippen LogP contribution in [-0.4, -0.2) is 35.3 Å². The number of nitrogens with zero attached hydrogens (tertiary/aromatic N) is 6. The number of amides is 1. The lowest BCUT2D eigenvalue weighted by atomic mass is 9.80. The molecule has 4 aromatic rings. The van der Waals surface area contributed by atoms with Crippen LogP contribution in [0.1, 0.15) is 32.3 Å². The van der Waals surface area contributed by atoms with Gasteiger partial charge in [0.1, 0.15) is 0 Å². The van der Waals surface area contributed by atoms with Gasteiger partial charge in [-0.25, -0.2) is 4.98 Å². The number of aromatic nitrogens is 6. The summed E-state index contributed by atoms with van der Waals surface area (Å²) in [6, 6.07) is 7.79. The molecule has 1 aliphatic rings. The molecule has 0 radical (unpaired) electrons. The summed E-state index contributed by atoms with van der Waals surface area (Å²) in [4.78, 5) is 21.1. The van der Waals surface area contributed by atoms with Gasteiger partial charge in [0.15, 0.2) is 11.5 Å². The molecule has 0 saturated carbocycles. The maximum Gasteiger partial charge on any atom is 0.247 e. The van der Waals surface area contributed by atoms with Crippen molar-refractivity contribution in [3.05, 3.63) is 48.4 Å². The Kier molecular flexibility index (Phi) is 4.05. The molecule has 3 aromatic heterocycles. The van der Waals surface area contributed by atoms with Gasteiger partial charge in [-0.1, -0.05) is 19.9 Å². The van der Waals surface area contributed by atoms with E-state index in [9.17, 15) is 4.79 Å². The molecule has 30 heavy (non-hydrogen) atoms. The van der Waals surface area contributed by atoms with Crippen LogP contribution in [0, 0.1) is 0 Å². The summed E-state index contributed by atoms with van der Waals surface area (Å²) in [5, 5.41) is 15.0. The van der Waals surface area contributed by atoms with Gasteiger partial charge >= 0.3 is 0 Å². The van der Waals surface area contributed by atoms with E-state index in [1.165, 1.54) is 0 Å². The summed E-state index contributed by atoms with van der Waals surface area (Å²) < 4.78 is 3.41. The van der Waals surface area contributed by atoms with Crippen molar-refractivity contribution in [2.75, 3.05) is 10.6 Å². The van der Waals surface area contributed by atoms with Crippen LogP contribution in [0.25, 0.3) is 17.0 Å². The van der Waals surface area contributed by atoms with Crippen molar-refractivity contribution in [1.82, 2.24) is 29.4 Å². The molecular weight excluding hydrogens is 380 g/mol. The highest BCUT2D eigenvalue weighted by atomic mass is 16.1. The minimum absolute atomic E-state index is 0.0389. The molecule has 9 heteroatoms. The lowest BCUT2D eigenvalue weighted by Gasteiger charge is -2.24. The number of hydrogen-bond donors (Lipinski definition) is 2. The molecule has 0 atom stereocenters. The lowest BCUT2D eigenvalue weighted by molar-refractivity contribution is -0.116. The summed E-state index contributed by atoms with van der Waals surface area (Å²) >= 11 is 0. The molecule has 0 fully saturated rings. The highest BCUT2D eigenvalue weighted by molar-refractivity contribution is 5.93. The highest BCUT2D eigenvalue weighted by Crippen LogP contribution is 2.38. The standard InChI is InChI=1S/C21H22N8O/c1-21(2)8-6-18(30)25-16-10-14(4-5-15(16)21)24-20-26-17-7-9-22-19(29(17)27-20)13-11-23-28(3)12-13/h4-5,7,9-12H,6,8H2,1-3H3,(H,24,27)(H,25,30). The van der Waals surface area contributed by atoms with Crippen molar-refractivity contribution in [3.8, 4) is 11.4 Å². The molecule has 5 rings (SSSR count). The van der Waals surface area contributed by atoms with E-state index < -0.39 is 0 Å². The molecule has 1 aromatic carbocycles. The number of anilines is 3. The molecule has 4 heterocycles. The fraction of sp³-hybridized carbons (Fsp3) is 0.286. The predicted molar refractivity (Wildman–Crippen MR) is 114 cm³/mol. The molecule has 0 spiro atoms. The van der Waals surface area contributed by atoms with Crippen LogP contribution in [0.2, 0.25) is 0 Å². The normalized spacial score (nSPS) is 15.5. The second-order valence-corrected chi connectivity index (χ2v) is 8.19. The van der Waals surface area contributed by atoms with E-state index >= 15 is 0 Å². The predicted octanol–water partition coefficient (Wildman–Crippen LogP) is 3.28. The van der Waals surface area contributed by atoms with Gasteiger partial charge < -0.3 is 10.6 Å². The summed E-state index contributed by atoms with van der Waals surface area (Å²) in [5.74, 6) is 1.15. The third kappa shape index (κ3) is 3.18. The third-order valence-corrected chi connectivity index (χ3v) is 5.47. The summed E-state index contributed by atoms with van der Waals surface area (Å²) in [6.45, 7) is 4.33. The zero-order valence-corrected chi connectivity index (χ0v) is 17.0. The first kappa shape index (κ1) is 18.3. The van der Waals surface area contributed by atoms with Gasteiger partial charge in [0.2, 0.25) is 11.9 Å². The van der Waals surface area contributed by atoms with Crippen LogP contribution in [0.3, 0.4) is 0 Å². The lowest BCUT2D eigenvalue weighted by Crippen LogP contribution is -2.16. The average molecular weight is 402 g/mol. The molecule has 0 aliphatic carbocycles. The van der Waals surface area contributed by atoms with E-state index in [1.54, 1.807) is 27.7 Å². The number of hydrogen-bond acceptors (Lipinski definition) is 6. The molecule has 1 amide bonds. The Morgan fingerprint density at radius 3 is 2.90 bits per heavy atom. The van der Waals surface area contributed by atoms with Crippen LogP contribution in [0.4, 0.5) is 17.3 Å². The van der Waals surface area contributed by atoms with Gasteiger partial charge in [-0.2, -0.15) is 14.6 Å². The molecule has 0 saturated heterocycles. The van der Waals surface area contributed by atoms with Gasteiger partial charge in [-0.05, 0) is 29.5 Å². The van der Waals surface area contributed by atoms with Crippen molar-refractivity contribution in [2.45, 2.75) is 32.1 Å². The van der Waals surface area contributed by atoms with Gasteiger partial charge in [0, 0.05) is 43.3 Å². The van der Waals surface area contributed by atoms with Crippen LogP contribution >= 0.6 is 0 Å². The van der Waals surface area contributed by atoms with E-state index in [0.717, 1.165) is 28.9 Å². The second kappa shape index (κ2) is 6.65. The minimum Gasteiger partial charge on any atom is -0.326 e. The largest absolute Gasteiger partial charge is 0.326 e. The number of benzene rings is 1. The Morgan fingerprint density at radius 1 is 1.23 bits per heavy atom. The highest BCUT2D eigenvalue weighted by Gasteiger charge is 2.28. The smallest absolute Gasteiger partial charge is 0.247 e. The van der Waals surface area contributed by atoms with E-state index in [-0.39, 0.29) is 11.3 Å². The second-order valence-electron chi connectivity index (χ2n) is 8.19. The number of aryl methyl sites for hydroxylation is 1. The van der Waals surface area contributed by atoms with Crippen LogP contribution < -0.4 is 10.6 Å². The topological polar surface area (TPSA) is 102 Å². The van der Waals surface area contributed by atoms with Gasteiger partial charge in [0.25, 0.3) is 0 Å². The number of carbonyl (C=O) groups excluding carboxylic acids is 1. The molecule has 0 unspecified atom stereocenters. The van der Waals surface area contributed by atoms with E-state index in [2.05, 4.69) is 50.7 Å². The van der Waals surface area contributed by atoms with Gasteiger partial charge in [0.05, 0.1) is 11.8 Å². The fourth-order valence-corrected chi connectivity index (χ4v) is 3.82.